The standard InChI is InChI=1S/C20H26N4O5S/c1-27-15-8-7-14(11-16(15)28-2)19(26)21-12-17-22-23-20(29-17)30-13-18(25)24-9-5-3-4-6-10-24/h7-8,11H,3-6,9-10,12-13H2,1-2H3,(H,21,26). The topological polar surface area (TPSA) is 107 Å². The third-order valence-corrected chi connectivity index (χ3v) is 5.58. The summed E-state index contributed by atoms with van der Waals surface area (Å²) in [5, 5.41) is 10.9. The molecule has 0 aliphatic carbocycles. The maximum absolute atomic E-state index is 12.4. The van der Waals surface area contributed by atoms with Crippen LogP contribution >= 0.6 is 11.8 Å². The van der Waals surface area contributed by atoms with E-state index in [1.165, 1.54) is 38.8 Å². The number of ether oxygens (including phenoxy) is 2. The maximum Gasteiger partial charge on any atom is 0.277 e. The highest BCUT2D eigenvalue weighted by atomic mass is 32.2. The molecule has 162 valence electrons. The quantitative estimate of drug-likeness (QED) is 0.632. The largest absolute Gasteiger partial charge is 0.493 e. The molecule has 1 aromatic carbocycles. The molecule has 1 N–H and O–H groups in total. The first kappa shape index (κ1) is 21.9. The van der Waals surface area contributed by atoms with E-state index in [9.17, 15) is 9.59 Å². The molecule has 1 fully saturated rings. The number of methoxy groups -OCH3 is 2. The van der Waals surface area contributed by atoms with Gasteiger partial charge in [-0.15, -0.1) is 10.2 Å². The molecule has 0 unspecified atom stereocenters. The van der Waals surface area contributed by atoms with Crippen LogP contribution in [0, 0.1) is 0 Å². The van der Waals surface area contributed by atoms with Crippen LogP contribution in [0.5, 0.6) is 11.5 Å². The second-order valence-electron chi connectivity index (χ2n) is 6.80. The lowest BCUT2D eigenvalue weighted by Crippen LogP contribution is -2.33. The lowest BCUT2D eigenvalue weighted by Gasteiger charge is -2.19. The minimum atomic E-state index is -0.306. The van der Waals surface area contributed by atoms with Gasteiger partial charge in [0.05, 0.1) is 26.5 Å². The minimum absolute atomic E-state index is 0.0841. The second kappa shape index (κ2) is 10.9. The molecule has 3 rings (SSSR count). The van der Waals surface area contributed by atoms with Gasteiger partial charge in [-0.2, -0.15) is 0 Å². The summed E-state index contributed by atoms with van der Waals surface area (Å²) in [5.41, 5.74) is 0.421. The zero-order valence-electron chi connectivity index (χ0n) is 17.2. The number of aromatic nitrogens is 2. The molecule has 0 atom stereocenters. The number of hydrogen-bond acceptors (Lipinski definition) is 8. The van der Waals surface area contributed by atoms with E-state index in [0.717, 1.165) is 25.9 Å². The SMILES string of the molecule is COc1ccc(C(=O)NCc2nnc(SCC(=O)N3CCCCCC3)o2)cc1OC. The average Bonchev–Trinajstić information content (AvgIpc) is 3.05. The third kappa shape index (κ3) is 5.88. The number of amides is 2. The zero-order valence-corrected chi connectivity index (χ0v) is 18.0. The molecule has 1 aromatic heterocycles. The molecular formula is C20H26N4O5S. The fourth-order valence-corrected chi connectivity index (χ4v) is 3.82. The van der Waals surface area contributed by atoms with Crippen molar-refractivity contribution in [3.05, 3.63) is 29.7 Å². The highest BCUT2D eigenvalue weighted by Gasteiger charge is 2.18. The van der Waals surface area contributed by atoms with E-state index in [2.05, 4.69) is 15.5 Å². The van der Waals surface area contributed by atoms with Gasteiger partial charge in [-0.3, -0.25) is 9.59 Å². The summed E-state index contributed by atoms with van der Waals surface area (Å²) in [6.07, 6.45) is 4.47. The number of carbonyl (C=O) groups is 2. The average molecular weight is 435 g/mol. The first-order valence-electron chi connectivity index (χ1n) is 9.84. The predicted octanol–water partition coefficient (Wildman–Crippen LogP) is 2.51. The van der Waals surface area contributed by atoms with Gasteiger partial charge in [0.15, 0.2) is 11.5 Å². The van der Waals surface area contributed by atoms with Gasteiger partial charge in [-0.25, -0.2) is 0 Å². The fourth-order valence-electron chi connectivity index (χ4n) is 3.14. The summed E-state index contributed by atoms with van der Waals surface area (Å²) in [6, 6.07) is 4.90. The highest BCUT2D eigenvalue weighted by Crippen LogP contribution is 2.27. The van der Waals surface area contributed by atoms with Gasteiger partial charge in [-0.1, -0.05) is 24.6 Å². The van der Waals surface area contributed by atoms with Gasteiger partial charge in [0, 0.05) is 18.7 Å². The fraction of sp³-hybridized carbons (Fsp3) is 0.500. The Balaban J connectivity index is 1.48. The molecule has 2 heterocycles. The molecule has 1 aliphatic heterocycles. The number of likely N-dealkylation sites (tertiary alicyclic amines) is 1. The van der Waals surface area contributed by atoms with Crippen molar-refractivity contribution >= 4 is 23.6 Å². The van der Waals surface area contributed by atoms with Crippen LogP contribution in [0.2, 0.25) is 0 Å². The molecular weight excluding hydrogens is 408 g/mol. The number of hydrogen-bond donors (Lipinski definition) is 1. The van der Waals surface area contributed by atoms with E-state index >= 15 is 0 Å². The van der Waals surface area contributed by atoms with Crippen LogP contribution in [0.15, 0.2) is 27.8 Å². The van der Waals surface area contributed by atoms with E-state index in [0.29, 0.717) is 22.3 Å². The zero-order chi connectivity index (χ0) is 21.3. The Morgan fingerprint density at radius 3 is 2.53 bits per heavy atom. The molecule has 1 saturated heterocycles. The van der Waals surface area contributed by atoms with Crippen LogP contribution in [0.3, 0.4) is 0 Å². The summed E-state index contributed by atoms with van der Waals surface area (Å²) in [7, 11) is 3.04. The molecule has 30 heavy (non-hydrogen) atoms. The Morgan fingerprint density at radius 1 is 1.10 bits per heavy atom. The van der Waals surface area contributed by atoms with E-state index in [1.54, 1.807) is 18.2 Å². The van der Waals surface area contributed by atoms with Crippen LogP contribution in [0.25, 0.3) is 0 Å². The van der Waals surface area contributed by atoms with Crippen LogP contribution in [0.1, 0.15) is 41.9 Å². The first-order valence-corrected chi connectivity index (χ1v) is 10.8. The number of rotatable bonds is 8. The van der Waals surface area contributed by atoms with E-state index in [4.69, 9.17) is 13.9 Å². The Kier molecular flexibility index (Phi) is 7.95. The third-order valence-electron chi connectivity index (χ3n) is 4.77. The predicted molar refractivity (Wildman–Crippen MR) is 111 cm³/mol. The number of carbonyl (C=O) groups excluding carboxylic acids is 2. The van der Waals surface area contributed by atoms with Crippen LogP contribution in [-0.4, -0.2) is 60.0 Å². The minimum Gasteiger partial charge on any atom is -0.493 e. The molecule has 10 heteroatoms. The Morgan fingerprint density at radius 2 is 1.83 bits per heavy atom. The molecule has 0 spiro atoms. The molecule has 0 bridgehead atoms. The van der Waals surface area contributed by atoms with Crippen LogP contribution in [0.4, 0.5) is 0 Å². The first-order chi connectivity index (χ1) is 14.6. The van der Waals surface area contributed by atoms with Gasteiger partial charge in [0.25, 0.3) is 11.1 Å². The lowest BCUT2D eigenvalue weighted by atomic mass is 10.2. The van der Waals surface area contributed by atoms with Crippen molar-refractivity contribution in [2.45, 2.75) is 37.5 Å². The summed E-state index contributed by atoms with van der Waals surface area (Å²) in [5.74, 6) is 1.33. The summed E-state index contributed by atoms with van der Waals surface area (Å²) >= 11 is 1.21. The molecule has 2 amide bonds. The van der Waals surface area contributed by atoms with Crippen molar-refractivity contribution < 1.29 is 23.5 Å². The van der Waals surface area contributed by atoms with E-state index in [-0.39, 0.29) is 30.0 Å². The monoisotopic (exact) mass is 434 g/mol. The molecule has 0 saturated carbocycles. The van der Waals surface area contributed by atoms with Gasteiger partial charge < -0.3 is 24.1 Å². The van der Waals surface area contributed by atoms with Crippen molar-refractivity contribution in [2.75, 3.05) is 33.1 Å². The Labute approximate surface area is 179 Å². The summed E-state index contributed by atoms with van der Waals surface area (Å²) in [6.45, 7) is 1.72. The van der Waals surface area contributed by atoms with Crippen LogP contribution < -0.4 is 14.8 Å². The second-order valence-corrected chi connectivity index (χ2v) is 7.72. The van der Waals surface area contributed by atoms with Gasteiger partial charge in [0.1, 0.15) is 0 Å². The Bertz CT molecular complexity index is 865. The maximum atomic E-state index is 12.4. The highest BCUT2D eigenvalue weighted by molar-refractivity contribution is 7.99. The molecule has 2 aromatic rings. The van der Waals surface area contributed by atoms with Crippen molar-refractivity contribution in [2.24, 2.45) is 0 Å². The van der Waals surface area contributed by atoms with Crippen molar-refractivity contribution in [1.29, 1.82) is 0 Å². The smallest absolute Gasteiger partial charge is 0.277 e. The number of thioether (sulfide) groups is 1. The Hall–Kier alpha value is -2.75. The number of nitrogens with zero attached hydrogens (tertiary/aromatic N) is 3. The summed E-state index contributed by atoms with van der Waals surface area (Å²) in [4.78, 5) is 26.6. The van der Waals surface area contributed by atoms with Crippen molar-refractivity contribution in [1.82, 2.24) is 20.4 Å². The molecule has 0 radical (unpaired) electrons. The lowest BCUT2D eigenvalue weighted by molar-refractivity contribution is -0.128. The van der Waals surface area contributed by atoms with Gasteiger partial charge in [0.2, 0.25) is 11.8 Å². The summed E-state index contributed by atoms with van der Waals surface area (Å²) < 4.78 is 15.9. The van der Waals surface area contributed by atoms with Crippen molar-refractivity contribution in [3.8, 4) is 11.5 Å². The van der Waals surface area contributed by atoms with E-state index < -0.39 is 0 Å². The van der Waals surface area contributed by atoms with Crippen molar-refractivity contribution in [3.63, 3.8) is 0 Å². The molecule has 1 aliphatic rings. The normalized spacial score (nSPS) is 14.1. The van der Waals surface area contributed by atoms with E-state index in [1.807, 2.05) is 4.90 Å². The van der Waals surface area contributed by atoms with Crippen LogP contribution in [-0.2, 0) is 11.3 Å². The molecule has 9 nitrogen and oxygen atoms in total. The number of nitrogens with one attached hydrogen (secondary N) is 1. The van der Waals surface area contributed by atoms with Gasteiger partial charge >= 0.3 is 0 Å². The van der Waals surface area contributed by atoms with Gasteiger partial charge in [-0.05, 0) is 31.0 Å². The number of benzene rings is 1.